The van der Waals surface area contributed by atoms with Gasteiger partial charge < -0.3 is 9.47 Å². The first-order valence-corrected chi connectivity index (χ1v) is 8.91. The predicted octanol–water partition coefficient (Wildman–Crippen LogP) is 8.03. The van der Waals surface area contributed by atoms with Crippen molar-refractivity contribution in [1.29, 1.82) is 0 Å². The lowest BCUT2D eigenvalue weighted by atomic mass is 10.2. The number of ether oxygens (including phenoxy) is 2. The van der Waals surface area contributed by atoms with Crippen molar-refractivity contribution in [3.8, 4) is 23.0 Å². The topological polar surface area (TPSA) is 18.5 Å². The maximum atomic E-state index is 14.3. The van der Waals surface area contributed by atoms with E-state index in [2.05, 4.69) is 0 Å². The molecule has 30 heavy (non-hydrogen) atoms. The van der Waals surface area contributed by atoms with Crippen LogP contribution >= 0.6 is 23.2 Å². The minimum Gasteiger partial charge on any atom is -0.449 e. The molecule has 0 bridgehead atoms. The fraction of sp³-hybridized carbons (Fsp3) is 0.100. The molecule has 0 saturated heterocycles. The van der Waals surface area contributed by atoms with Gasteiger partial charge in [0.2, 0.25) is 11.6 Å². The molecular formula is C20H10Cl2F6O2. The SMILES string of the molecule is Cc1c(F)c(F)c(Oc2ccccc2Oc2c(F)c(F)c(C)c(F)c2Cl)c(Cl)c1F. The van der Waals surface area contributed by atoms with Crippen molar-refractivity contribution in [2.24, 2.45) is 0 Å². The van der Waals surface area contributed by atoms with Crippen molar-refractivity contribution in [2.75, 3.05) is 0 Å². The van der Waals surface area contributed by atoms with E-state index < -0.39 is 79.1 Å². The number of para-hydroxylation sites is 2. The van der Waals surface area contributed by atoms with E-state index in [0.29, 0.717) is 0 Å². The van der Waals surface area contributed by atoms with Gasteiger partial charge in [-0.3, -0.25) is 0 Å². The number of hydrogen-bond donors (Lipinski definition) is 0. The van der Waals surface area contributed by atoms with Crippen molar-refractivity contribution in [3.05, 3.63) is 80.3 Å². The minimum absolute atomic E-state index is 0.391. The van der Waals surface area contributed by atoms with E-state index in [1.165, 1.54) is 12.1 Å². The summed E-state index contributed by atoms with van der Waals surface area (Å²) < 4.78 is 94.6. The van der Waals surface area contributed by atoms with Gasteiger partial charge in [-0.25, -0.2) is 17.6 Å². The van der Waals surface area contributed by atoms with Crippen LogP contribution in [0.15, 0.2) is 24.3 Å². The Bertz CT molecular complexity index is 1020. The van der Waals surface area contributed by atoms with Crippen molar-refractivity contribution < 1.29 is 35.8 Å². The molecule has 0 aliphatic carbocycles. The summed E-state index contributed by atoms with van der Waals surface area (Å²) in [6, 6.07) is 5.05. The second-order valence-corrected chi connectivity index (χ2v) is 6.83. The molecule has 0 atom stereocenters. The van der Waals surface area contributed by atoms with Crippen LogP contribution in [-0.4, -0.2) is 0 Å². The number of halogens is 8. The van der Waals surface area contributed by atoms with E-state index in [-0.39, 0.29) is 0 Å². The molecule has 3 aromatic carbocycles. The number of benzene rings is 3. The van der Waals surface area contributed by atoms with Crippen LogP contribution < -0.4 is 9.47 Å². The van der Waals surface area contributed by atoms with Crippen LogP contribution in [0.25, 0.3) is 0 Å². The summed E-state index contributed by atoms with van der Waals surface area (Å²) >= 11 is 11.4. The first kappa shape index (κ1) is 22.1. The average Bonchev–Trinajstić information content (AvgIpc) is 2.75. The van der Waals surface area contributed by atoms with Gasteiger partial charge in [-0.15, -0.1) is 0 Å². The summed E-state index contributed by atoms with van der Waals surface area (Å²) in [7, 11) is 0. The van der Waals surface area contributed by atoms with Crippen LogP contribution in [0.2, 0.25) is 10.0 Å². The molecule has 0 amide bonds. The molecule has 0 aliphatic heterocycles. The lowest BCUT2D eigenvalue weighted by Gasteiger charge is -2.16. The van der Waals surface area contributed by atoms with Gasteiger partial charge in [-0.05, 0) is 26.0 Å². The molecule has 2 nitrogen and oxygen atoms in total. The zero-order valence-electron chi connectivity index (χ0n) is 15.1. The second kappa shape index (κ2) is 8.28. The van der Waals surface area contributed by atoms with E-state index in [9.17, 15) is 26.3 Å². The molecule has 0 fully saturated rings. The number of rotatable bonds is 4. The highest BCUT2D eigenvalue weighted by molar-refractivity contribution is 6.32. The lowest BCUT2D eigenvalue weighted by molar-refractivity contribution is 0.368. The first-order chi connectivity index (χ1) is 14.1. The van der Waals surface area contributed by atoms with Gasteiger partial charge in [0.1, 0.15) is 10.0 Å². The smallest absolute Gasteiger partial charge is 0.203 e. The van der Waals surface area contributed by atoms with Gasteiger partial charge >= 0.3 is 0 Å². The highest BCUT2D eigenvalue weighted by Gasteiger charge is 2.27. The average molecular weight is 467 g/mol. The summed E-state index contributed by atoms with van der Waals surface area (Å²) in [6.07, 6.45) is 0. The molecule has 0 radical (unpaired) electrons. The Labute approximate surface area is 176 Å². The minimum atomic E-state index is -1.58. The Balaban J connectivity index is 2.09. The highest BCUT2D eigenvalue weighted by atomic mass is 35.5. The van der Waals surface area contributed by atoms with Crippen LogP contribution in [0.3, 0.4) is 0 Å². The van der Waals surface area contributed by atoms with Crippen molar-refractivity contribution in [3.63, 3.8) is 0 Å². The van der Waals surface area contributed by atoms with E-state index in [0.717, 1.165) is 26.0 Å². The zero-order valence-corrected chi connectivity index (χ0v) is 16.7. The Kier molecular flexibility index (Phi) is 6.10. The van der Waals surface area contributed by atoms with Gasteiger partial charge in [-0.2, -0.15) is 8.78 Å². The fourth-order valence-corrected chi connectivity index (χ4v) is 2.99. The Hall–Kier alpha value is -2.58. The quantitative estimate of drug-likeness (QED) is 0.286. The van der Waals surface area contributed by atoms with Crippen LogP contribution in [0.5, 0.6) is 23.0 Å². The molecule has 0 spiro atoms. The van der Waals surface area contributed by atoms with Gasteiger partial charge in [0, 0.05) is 11.1 Å². The number of hydrogen-bond acceptors (Lipinski definition) is 2. The Morgan fingerprint density at radius 1 is 0.567 bits per heavy atom. The third kappa shape index (κ3) is 3.65. The normalized spacial score (nSPS) is 11.0. The summed E-state index contributed by atoms with van der Waals surface area (Å²) in [4.78, 5) is 0. The van der Waals surface area contributed by atoms with Gasteiger partial charge in [-0.1, -0.05) is 35.3 Å². The first-order valence-electron chi connectivity index (χ1n) is 8.16. The summed E-state index contributed by atoms with van der Waals surface area (Å²) in [5.74, 6) is -11.5. The molecule has 0 aliphatic rings. The molecule has 158 valence electrons. The summed E-state index contributed by atoms with van der Waals surface area (Å²) in [6.45, 7) is 1.96. The zero-order chi connectivity index (χ0) is 22.3. The van der Waals surface area contributed by atoms with Gasteiger partial charge in [0.05, 0.1) is 0 Å². The van der Waals surface area contributed by atoms with Crippen LogP contribution in [0.1, 0.15) is 11.1 Å². The maximum absolute atomic E-state index is 14.3. The van der Waals surface area contributed by atoms with E-state index >= 15 is 0 Å². The molecule has 3 rings (SSSR count). The van der Waals surface area contributed by atoms with Crippen LogP contribution in [0.4, 0.5) is 26.3 Å². The summed E-state index contributed by atoms with van der Waals surface area (Å²) in [5.41, 5.74) is -1.32. The van der Waals surface area contributed by atoms with Crippen LogP contribution in [-0.2, 0) is 0 Å². The highest BCUT2D eigenvalue weighted by Crippen LogP contribution is 2.43. The van der Waals surface area contributed by atoms with Crippen molar-refractivity contribution >= 4 is 23.2 Å². The van der Waals surface area contributed by atoms with Crippen molar-refractivity contribution in [2.45, 2.75) is 13.8 Å². The molecule has 10 heteroatoms. The monoisotopic (exact) mass is 466 g/mol. The molecule has 0 N–H and O–H groups in total. The molecule has 0 saturated carbocycles. The third-order valence-corrected chi connectivity index (χ3v) is 4.83. The lowest BCUT2D eigenvalue weighted by Crippen LogP contribution is -2.02. The largest absolute Gasteiger partial charge is 0.449 e. The standard InChI is InChI=1S/C20H10Cl2F6O2/c1-7-13(23)11(21)19(17(27)15(7)25)29-9-5-3-4-6-10(9)30-20-12(22)14(24)8(2)16(26)18(20)28/h3-6H,1-2H3. The Morgan fingerprint density at radius 2 is 0.900 bits per heavy atom. The maximum Gasteiger partial charge on any atom is 0.203 e. The fourth-order valence-electron chi connectivity index (χ4n) is 2.46. The van der Waals surface area contributed by atoms with Crippen molar-refractivity contribution in [1.82, 2.24) is 0 Å². The second-order valence-electron chi connectivity index (χ2n) is 6.07. The van der Waals surface area contributed by atoms with E-state index in [4.69, 9.17) is 32.7 Å². The Morgan fingerprint density at radius 3 is 1.23 bits per heavy atom. The predicted molar refractivity (Wildman–Crippen MR) is 98.7 cm³/mol. The summed E-state index contributed by atoms with van der Waals surface area (Å²) in [5, 5.41) is -1.70. The molecule has 0 unspecified atom stereocenters. The van der Waals surface area contributed by atoms with E-state index in [1.807, 2.05) is 0 Å². The molecule has 0 aromatic heterocycles. The third-order valence-electron chi connectivity index (χ3n) is 4.16. The van der Waals surface area contributed by atoms with Gasteiger partial charge in [0.15, 0.2) is 46.3 Å². The van der Waals surface area contributed by atoms with Gasteiger partial charge in [0.25, 0.3) is 0 Å². The van der Waals surface area contributed by atoms with Crippen LogP contribution in [0, 0.1) is 48.8 Å². The van der Waals surface area contributed by atoms with E-state index in [1.54, 1.807) is 0 Å². The molecule has 0 heterocycles. The molecule has 3 aromatic rings. The molecular weight excluding hydrogens is 457 g/mol.